The summed E-state index contributed by atoms with van der Waals surface area (Å²) in [6.07, 6.45) is 5.96. The van der Waals surface area contributed by atoms with Crippen LogP contribution in [0.15, 0.2) is 18.3 Å². The molecular formula is C15H28N2. The van der Waals surface area contributed by atoms with E-state index in [9.17, 15) is 0 Å². The van der Waals surface area contributed by atoms with Crippen molar-refractivity contribution in [1.82, 2.24) is 9.88 Å². The lowest BCUT2D eigenvalue weighted by Gasteiger charge is -2.16. The van der Waals surface area contributed by atoms with Crippen molar-refractivity contribution in [2.75, 3.05) is 0 Å². The van der Waals surface area contributed by atoms with E-state index in [4.69, 9.17) is 0 Å². The Labute approximate surface area is 106 Å². The van der Waals surface area contributed by atoms with Crippen LogP contribution in [0.3, 0.4) is 0 Å². The van der Waals surface area contributed by atoms with Gasteiger partial charge in [-0.1, -0.05) is 20.8 Å². The fraction of sp³-hybridized carbons (Fsp3) is 0.733. The van der Waals surface area contributed by atoms with E-state index in [-0.39, 0.29) is 0 Å². The Hall–Kier alpha value is -0.760. The second kappa shape index (κ2) is 7.54. The number of aryl methyl sites for hydroxylation is 1. The number of hydrogen-bond acceptors (Lipinski definition) is 1. The summed E-state index contributed by atoms with van der Waals surface area (Å²) in [7, 11) is 0. The van der Waals surface area contributed by atoms with Crippen LogP contribution < -0.4 is 5.32 Å². The standard InChI is InChI=1S/C15H28N2/c1-5-10-17-11-6-7-15(17)12-16-14(4)9-8-13(2)3/h6-7,11,13-14,16H,5,8-10,12H2,1-4H3. The minimum Gasteiger partial charge on any atom is -0.350 e. The molecule has 0 saturated carbocycles. The highest BCUT2D eigenvalue weighted by Gasteiger charge is 2.05. The molecular weight excluding hydrogens is 208 g/mol. The lowest BCUT2D eigenvalue weighted by molar-refractivity contribution is 0.444. The van der Waals surface area contributed by atoms with E-state index in [2.05, 4.69) is 55.9 Å². The third-order valence-corrected chi connectivity index (χ3v) is 3.20. The number of aromatic nitrogens is 1. The van der Waals surface area contributed by atoms with Crippen LogP contribution in [0.5, 0.6) is 0 Å². The maximum Gasteiger partial charge on any atom is 0.0361 e. The summed E-state index contributed by atoms with van der Waals surface area (Å²) < 4.78 is 2.35. The van der Waals surface area contributed by atoms with Crippen LogP contribution in [0.4, 0.5) is 0 Å². The third kappa shape index (κ3) is 5.40. The zero-order chi connectivity index (χ0) is 12.7. The molecule has 2 heteroatoms. The van der Waals surface area contributed by atoms with Gasteiger partial charge in [-0.25, -0.2) is 0 Å². The molecule has 0 aliphatic carbocycles. The predicted molar refractivity (Wildman–Crippen MR) is 75.1 cm³/mol. The molecule has 0 aliphatic rings. The van der Waals surface area contributed by atoms with Crippen LogP contribution in [-0.2, 0) is 13.1 Å². The van der Waals surface area contributed by atoms with Gasteiger partial charge in [-0.2, -0.15) is 0 Å². The molecule has 0 spiro atoms. The van der Waals surface area contributed by atoms with Gasteiger partial charge >= 0.3 is 0 Å². The average Bonchev–Trinajstić information content (AvgIpc) is 2.71. The Morgan fingerprint density at radius 3 is 2.65 bits per heavy atom. The fourth-order valence-electron chi connectivity index (χ4n) is 2.03. The Morgan fingerprint density at radius 1 is 1.24 bits per heavy atom. The van der Waals surface area contributed by atoms with Crippen molar-refractivity contribution in [1.29, 1.82) is 0 Å². The topological polar surface area (TPSA) is 17.0 Å². The Balaban J connectivity index is 2.31. The summed E-state index contributed by atoms with van der Waals surface area (Å²) in [5.74, 6) is 0.809. The molecule has 1 rings (SSSR count). The summed E-state index contributed by atoms with van der Waals surface area (Å²) in [4.78, 5) is 0. The van der Waals surface area contributed by atoms with Gasteiger partial charge in [0.15, 0.2) is 0 Å². The SMILES string of the molecule is CCCn1cccc1CNC(C)CCC(C)C. The molecule has 0 fully saturated rings. The van der Waals surface area contributed by atoms with E-state index in [1.807, 2.05) is 0 Å². The first kappa shape index (κ1) is 14.3. The van der Waals surface area contributed by atoms with Gasteiger partial charge in [0.05, 0.1) is 0 Å². The van der Waals surface area contributed by atoms with E-state index >= 15 is 0 Å². The Morgan fingerprint density at radius 2 is 2.00 bits per heavy atom. The van der Waals surface area contributed by atoms with Crippen LogP contribution in [0.2, 0.25) is 0 Å². The van der Waals surface area contributed by atoms with E-state index in [1.54, 1.807) is 0 Å². The van der Waals surface area contributed by atoms with E-state index in [1.165, 1.54) is 25.0 Å². The van der Waals surface area contributed by atoms with Gasteiger partial charge in [0.2, 0.25) is 0 Å². The average molecular weight is 236 g/mol. The van der Waals surface area contributed by atoms with Gasteiger partial charge in [-0.3, -0.25) is 0 Å². The van der Waals surface area contributed by atoms with Crippen molar-refractivity contribution in [3.05, 3.63) is 24.0 Å². The van der Waals surface area contributed by atoms with Gasteiger partial charge in [0.1, 0.15) is 0 Å². The number of nitrogens with one attached hydrogen (secondary N) is 1. The fourth-order valence-corrected chi connectivity index (χ4v) is 2.03. The van der Waals surface area contributed by atoms with Gasteiger partial charge in [0.25, 0.3) is 0 Å². The van der Waals surface area contributed by atoms with Crippen molar-refractivity contribution in [2.24, 2.45) is 5.92 Å². The van der Waals surface area contributed by atoms with E-state index < -0.39 is 0 Å². The quantitative estimate of drug-likeness (QED) is 0.726. The van der Waals surface area contributed by atoms with Gasteiger partial charge in [-0.15, -0.1) is 0 Å². The first-order valence-corrected chi connectivity index (χ1v) is 7.00. The summed E-state index contributed by atoms with van der Waals surface area (Å²) >= 11 is 0. The molecule has 0 amide bonds. The highest BCUT2D eigenvalue weighted by Crippen LogP contribution is 2.08. The van der Waals surface area contributed by atoms with Crippen LogP contribution in [0.1, 0.15) is 52.7 Å². The minimum atomic E-state index is 0.613. The molecule has 0 bridgehead atoms. The van der Waals surface area contributed by atoms with E-state index in [0.29, 0.717) is 6.04 Å². The van der Waals surface area contributed by atoms with Crippen LogP contribution in [-0.4, -0.2) is 10.6 Å². The summed E-state index contributed by atoms with van der Waals surface area (Å²) in [6, 6.07) is 4.98. The molecule has 0 saturated heterocycles. The van der Waals surface area contributed by atoms with Crippen LogP contribution in [0, 0.1) is 5.92 Å². The lowest BCUT2D eigenvalue weighted by Crippen LogP contribution is -2.26. The van der Waals surface area contributed by atoms with Crippen molar-refractivity contribution in [2.45, 2.75) is 66.1 Å². The maximum absolute atomic E-state index is 3.62. The second-order valence-electron chi connectivity index (χ2n) is 5.45. The monoisotopic (exact) mass is 236 g/mol. The second-order valence-corrected chi connectivity index (χ2v) is 5.45. The maximum atomic E-state index is 3.62. The molecule has 1 atom stereocenters. The molecule has 98 valence electrons. The molecule has 1 heterocycles. The Bertz CT molecular complexity index is 302. The summed E-state index contributed by atoms with van der Waals surface area (Å²) in [6.45, 7) is 11.2. The van der Waals surface area contributed by atoms with Gasteiger partial charge in [-0.05, 0) is 44.2 Å². The summed E-state index contributed by atoms with van der Waals surface area (Å²) in [5, 5.41) is 3.62. The highest BCUT2D eigenvalue weighted by molar-refractivity contribution is 5.06. The molecule has 1 aromatic heterocycles. The molecule has 17 heavy (non-hydrogen) atoms. The molecule has 0 radical (unpaired) electrons. The predicted octanol–water partition coefficient (Wildman–Crippen LogP) is 3.81. The van der Waals surface area contributed by atoms with Crippen molar-refractivity contribution >= 4 is 0 Å². The van der Waals surface area contributed by atoms with Crippen LogP contribution in [0.25, 0.3) is 0 Å². The van der Waals surface area contributed by atoms with Crippen molar-refractivity contribution in [3.63, 3.8) is 0 Å². The molecule has 1 N–H and O–H groups in total. The number of rotatable bonds is 8. The molecule has 0 aliphatic heterocycles. The van der Waals surface area contributed by atoms with Crippen molar-refractivity contribution < 1.29 is 0 Å². The van der Waals surface area contributed by atoms with Crippen molar-refractivity contribution in [3.8, 4) is 0 Å². The zero-order valence-corrected chi connectivity index (χ0v) is 11.9. The van der Waals surface area contributed by atoms with Crippen LogP contribution >= 0.6 is 0 Å². The lowest BCUT2D eigenvalue weighted by atomic mass is 10.0. The molecule has 0 aromatic carbocycles. The normalized spacial score (nSPS) is 13.2. The molecule has 1 unspecified atom stereocenters. The van der Waals surface area contributed by atoms with Gasteiger partial charge in [0, 0.05) is 31.0 Å². The zero-order valence-electron chi connectivity index (χ0n) is 11.9. The first-order chi connectivity index (χ1) is 8.13. The molecule has 2 nitrogen and oxygen atoms in total. The third-order valence-electron chi connectivity index (χ3n) is 3.20. The Kier molecular flexibility index (Phi) is 6.35. The minimum absolute atomic E-state index is 0.613. The number of hydrogen-bond donors (Lipinski definition) is 1. The largest absolute Gasteiger partial charge is 0.350 e. The van der Waals surface area contributed by atoms with Gasteiger partial charge < -0.3 is 9.88 Å². The first-order valence-electron chi connectivity index (χ1n) is 7.00. The summed E-state index contributed by atoms with van der Waals surface area (Å²) in [5.41, 5.74) is 1.41. The van der Waals surface area contributed by atoms with E-state index in [0.717, 1.165) is 19.0 Å². The smallest absolute Gasteiger partial charge is 0.0361 e. The molecule has 1 aromatic rings. The highest BCUT2D eigenvalue weighted by atomic mass is 15.0. The number of nitrogens with zero attached hydrogens (tertiary/aromatic N) is 1.